The Labute approximate surface area is 139 Å². The van der Waals surface area contributed by atoms with Gasteiger partial charge in [-0.25, -0.2) is 0 Å². The number of alkyl halides is 3. The minimum absolute atomic E-state index is 0.331. The van der Waals surface area contributed by atoms with E-state index in [2.05, 4.69) is 4.98 Å². The first kappa shape index (κ1) is 18.4. The van der Waals surface area contributed by atoms with E-state index in [1.54, 1.807) is 12.4 Å². The molecule has 1 aromatic heterocycles. The average molecular weight is 338 g/mol. The predicted molar refractivity (Wildman–Crippen MR) is 86.6 cm³/mol. The smallest absolute Gasteiger partial charge is 0.391 e. The van der Waals surface area contributed by atoms with Crippen molar-refractivity contribution in [1.82, 2.24) is 9.88 Å². The van der Waals surface area contributed by atoms with Crippen LogP contribution in [0.2, 0.25) is 0 Å². The van der Waals surface area contributed by atoms with Crippen LogP contribution in [-0.4, -0.2) is 41.2 Å². The molecule has 1 N–H and O–H groups in total. The number of rotatable bonds is 7. The van der Waals surface area contributed by atoms with Gasteiger partial charge in [-0.2, -0.15) is 13.2 Å². The van der Waals surface area contributed by atoms with Crippen LogP contribution in [0.1, 0.15) is 16.7 Å². The molecule has 0 fully saturated rings. The van der Waals surface area contributed by atoms with E-state index < -0.39 is 17.8 Å². The van der Waals surface area contributed by atoms with Crippen molar-refractivity contribution in [3.05, 3.63) is 65.5 Å². The predicted octanol–water partition coefficient (Wildman–Crippen LogP) is 3.18. The molecule has 24 heavy (non-hydrogen) atoms. The van der Waals surface area contributed by atoms with Crippen LogP contribution in [-0.2, 0) is 19.0 Å². The molecule has 2 rings (SSSR count). The number of hydrogen-bond acceptors (Lipinski definition) is 3. The molecule has 1 heterocycles. The number of nitrogens with zero attached hydrogens (tertiary/aromatic N) is 2. The zero-order chi connectivity index (χ0) is 17.6. The molecule has 0 saturated heterocycles. The summed E-state index contributed by atoms with van der Waals surface area (Å²) in [6, 6.07) is 8.84. The summed E-state index contributed by atoms with van der Waals surface area (Å²) in [5, 5.41) is 10.1. The lowest BCUT2D eigenvalue weighted by molar-refractivity contribution is -0.137. The molecule has 0 amide bonds. The Hall–Kier alpha value is -1.92. The van der Waals surface area contributed by atoms with Gasteiger partial charge >= 0.3 is 6.18 Å². The number of aromatic nitrogens is 1. The van der Waals surface area contributed by atoms with E-state index in [1.165, 1.54) is 17.7 Å². The Balaban J connectivity index is 1.78. The SMILES string of the molecule is CN(CCc1ccncc1)CC(O)Cc1ccc(C(F)(F)F)cc1. The highest BCUT2D eigenvalue weighted by atomic mass is 19.4. The Morgan fingerprint density at radius 3 is 2.25 bits per heavy atom. The van der Waals surface area contributed by atoms with Crippen molar-refractivity contribution in [2.75, 3.05) is 20.1 Å². The lowest BCUT2D eigenvalue weighted by Crippen LogP contribution is -2.32. The second kappa shape index (κ2) is 8.26. The molecular formula is C18H21F3N2O. The summed E-state index contributed by atoms with van der Waals surface area (Å²) in [4.78, 5) is 5.97. The minimum atomic E-state index is -4.33. The van der Waals surface area contributed by atoms with E-state index >= 15 is 0 Å². The van der Waals surface area contributed by atoms with Gasteiger partial charge in [0.15, 0.2) is 0 Å². The summed E-state index contributed by atoms with van der Waals surface area (Å²) in [6.07, 6.45) is -0.276. The van der Waals surface area contributed by atoms with Gasteiger partial charge in [0.05, 0.1) is 11.7 Å². The Morgan fingerprint density at radius 1 is 1.04 bits per heavy atom. The van der Waals surface area contributed by atoms with Gasteiger partial charge in [0.1, 0.15) is 0 Å². The highest BCUT2D eigenvalue weighted by Crippen LogP contribution is 2.29. The van der Waals surface area contributed by atoms with E-state index in [9.17, 15) is 18.3 Å². The summed E-state index contributed by atoms with van der Waals surface area (Å²) in [5.41, 5.74) is 1.20. The first-order valence-corrected chi connectivity index (χ1v) is 7.76. The monoisotopic (exact) mass is 338 g/mol. The molecule has 3 nitrogen and oxygen atoms in total. The number of hydrogen-bond donors (Lipinski definition) is 1. The van der Waals surface area contributed by atoms with Gasteiger partial charge in [-0.05, 0) is 55.3 Å². The van der Waals surface area contributed by atoms with E-state index in [-0.39, 0.29) is 0 Å². The van der Waals surface area contributed by atoms with Crippen LogP contribution < -0.4 is 0 Å². The van der Waals surface area contributed by atoms with Gasteiger partial charge in [-0.15, -0.1) is 0 Å². The van der Waals surface area contributed by atoms with Crippen molar-refractivity contribution in [1.29, 1.82) is 0 Å². The maximum atomic E-state index is 12.5. The molecule has 2 aromatic rings. The van der Waals surface area contributed by atoms with Crippen LogP contribution in [0.4, 0.5) is 13.2 Å². The average Bonchev–Trinajstić information content (AvgIpc) is 2.53. The van der Waals surface area contributed by atoms with Gasteiger partial charge in [0, 0.05) is 25.5 Å². The number of likely N-dealkylation sites (N-methyl/N-ethyl adjacent to an activating group) is 1. The van der Waals surface area contributed by atoms with Gasteiger partial charge in [-0.1, -0.05) is 12.1 Å². The van der Waals surface area contributed by atoms with Gasteiger partial charge < -0.3 is 10.0 Å². The summed E-state index contributed by atoms with van der Waals surface area (Å²) in [7, 11) is 1.91. The van der Waals surface area contributed by atoms with Crippen molar-refractivity contribution in [2.45, 2.75) is 25.1 Å². The summed E-state index contributed by atoms with van der Waals surface area (Å²) >= 11 is 0. The number of benzene rings is 1. The summed E-state index contributed by atoms with van der Waals surface area (Å²) < 4.78 is 37.6. The molecule has 0 aliphatic heterocycles. The highest BCUT2D eigenvalue weighted by Gasteiger charge is 2.29. The number of aliphatic hydroxyl groups excluding tert-OH is 1. The molecule has 1 unspecified atom stereocenters. The second-order valence-corrected chi connectivity index (χ2v) is 5.92. The van der Waals surface area contributed by atoms with Crippen LogP contribution in [0.15, 0.2) is 48.8 Å². The Kier molecular flexibility index (Phi) is 6.34. The molecule has 0 spiro atoms. The molecule has 130 valence electrons. The third-order valence-corrected chi connectivity index (χ3v) is 3.81. The second-order valence-electron chi connectivity index (χ2n) is 5.92. The lowest BCUT2D eigenvalue weighted by Gasteiger charge is -2.20. The zero-order valence-electron chi connectivity index (χ0n) is 13.5. The maximum absolute atomic E-state index is 12.5. The molecule has 1 aromatic carbocycles. The van der Waals surface area contributed by atoms with Crippen molar-refractivity contribution in [3.8, 4) is 0 Å². The third kappa shape index (κ3) is 5.94. The van der Waals surface area contributed by atoms with Crippen molar-refractivity contribution in [2.24, 2.45) is 0 Å². The standard InChI is InChI=1S/C18H21F3N2O/c1-23(11-8-14-6-9-22-10-7-14)13-17(24)12-15-2-4-16(5-3-15)18(19,20)21/h2-7,9-10,17,24H,8,11-13H2,1H3. The first-order valence-electron chi connectivity index (χ1n) is 7.76. The fraction of sp³-hybridized carbons (Fsp3) is 0.389. The number of aliphatic hydroxyl groups is 1. The first-order chi connectivity index (χ1) is 11.3. The molecule has 1 atom stereocenters. The van der Waals surface area contributed by atoms with Crippen LogP contribution >= 0.6 is 0 Å². The van der Waals surface area contributed by atoms with Crippen LogP contribution in [0, 0.1) is 0 Å². The van der Waals surface area contributed by atoms with Gasteiger partial charge in [0.25, 0.3) is 0 Å². The Bertz CT molecular complexity index is 614. The number of halogens is 3. The topological polar surface area (TPSA) is 36.4 Å². The third-order valence-electron chi connectivity index (χ3n) is 3.81. The molecule has 0 radical (unpaired) electrons. The number of pyridine rings is 1. The van der Waals surface area contributed by atoms with E-state index in [0.29, 0.717) is 18.5 Å². The van der Waals surface area contributed by atoms with E-state index in [1.807, 2.05) is 24.1 Å². The largest absolute Gasteiger partial charge is 0.416 e. The summed E-state index contributed by atoms with van der Waals surface area (Å²) in [6.45, 7) is 1.25. The van der Waals surface area contributed by atoms with E-state index in [4.69, 9.17) is 0 Å². The van der Waals surface area contributed by atoms with Gasteiger partial charge in [-0.3, -0.25) is 4.98 Å². The van der Waals surface area contributed by atoms with Crippen molar-refractivity contribution in [3.63, 3.8) is 0 Å². The van der Waals surface area contributed by atoms with Gasteiger partial charge in [0.2, 0.25) is 0 Å². The normalized spacial score (nSPS) is 13.2. The van der Waals surface area contributed by atoms with Crippen LogP contribution in [0.25, 0.3) is 0 Å². The van der Waals surface area contributed by atoms with Crippen molar-refractivity contribution >= 4 is 0 Å². The highest BCUT2D eigenvalue weighted by molar-refractivity contribution is 5.25. The summed E-state index contributed by atoms with van der Waals surface area (Å²) in [5.74, 6) is 0. The molecule has 0 aliphatic carbocycles. The fourth-order valence-corrected chi connectivity index (χ4v) is 2.49. The van der Waals surface area contributed by atoms with Crippen LogP contribution in [0.5, 0.6) is 0 Å². The van der Waals surface area contributed by atoms with Crippen molar-refractivity contribution < 1.29 is 18.3 Å². The molecule has 6 heteroatoms. The minimum Gasteiger partial charge on any atom is -0.391 e. The van der Waals surface area contributed by atoms with Crippen LogP contribution in [0.3, 0.4) is 0 Å². The molecule has 0 aliphatic rings. The molecule has 0 bridgehead atoms. The zero-order valence-corrected chi connectivity index (χ0v) is 13.5. The molecular weight excluding hydrogens is 317 g/mol. The van der Waals surface area contributed by atoms with E-state index in [0.717, 1.165) is 25.1 Å². The maximum Gasteiger partial charge on any atom is 0.416 e. The quantitative estimate of drug-likeness (QED) is 0.842. The Morgan fingerprint density at radius 2 is 1.67 bits per heavy atom. The molecule has 0 saturated carbocycles. The fourth-order valence-electron chi connectivity index (χ4n) is 2.49. The lowest BCUT2D eigenvalue weighted by atomic mass is 10.1.